The molecule has 5 nitrogen and oxygen atoms in total. The molecular formula is C17H29N3O2. The van der Waals surface area contributed by atoms with E-state index >= 15 is 0 Å². The number of hydrogen-bond donors (Lipinski definition) is 1. The van der Waals surface area contributed by atoms with E-state index in [0.717, 1.165) is 25.5 Å². The van der Waals surface area contributed by atoms with Gasteiger partial charge >= 0.3 is 5.97 Å². The van der Waals surface area contributed by atoms with Gasteiger partial charge in [0.15, 0.2) is 0 Å². The molecule has 0 atom stereocenters. The largest absolute Gasteiger partial charge is 0.478 e. The van der Waals surface area contributed by atoms with Crippen LogP contribution in [-0.2, 0) is 0 Å². The highest BCUT2D eigenvalue weighted by Gasteiger charge is 2.35. The number of aromatic carboxylic acids is 1. The zero-order chi connectivity index (χ0) is 16.9. The van der Waals surface area contributed by atoms with E-state index in [4.69, 9.17) is 5.11 Å². The van der Waals surface area contributed by atoms with Crippen LogP contribution >= 0.6 is 0 Å². The summed E-state index contributed by atoms with van der Waals surface area (Å²) in [6, 6.07) is 3.94. The first-order chi connectivity index (χ1) is 10.3. The highest BCUT2D eigenvalue weighted by molar-refractivity contribution is 5.87. The second-order valence-electron chi connectivity index (χ2n) is 6.23. The minimum Gasteiger partial charge on any atom is -0.478 e. The van der Waals surface area contributed by atoms with Crippen molar-refractivity contribution in [2.45, 2.75) is 53.1 Å². The van der Waals surface area contributed by atoms with E-state index in [0.29, 0.717) is 6.04 Å². The molecule has 22 heavy (non-hydrogen) atoms. The molecule has 0 aromatic carbocycles. The Morgan fingerprint density at radius 2 is 1.91 bits per heavy atom. The Hall–Kier alpha value is -1.62. The van der Waals surface area contributed by atoms with Crippen LogP contribution in [0.15, 0.2) is 18.3 Å². The third-order valence-electron chi connectivity index (χ3n) is 3.91. The molecule has 2 rings (SSSR count). The lowest BCUT2D eigenvalue weighted by Crippen LogP contribution is -2.61. The molecule has 0 saturated carbocycles. The quantitative estimate of drug-likeness (QED) is 0.930. The first-order valence-corrected chi connectivity index (χ1v) is 8.02. The summed E-state index contributed by atoms with van der Waals surface area (Å²) in [5.74, 6) is -0.0829. The smallest absolute Gasteiger partial charge is 0.337 e. The fourth-order valence-electron chi connectivity index (χ4n) is 3.02. The fraction of sp³-hybridized carbons (Fsp3) is 0.647. The number of piperazine rings is 1. The zero-order valence-electron chi connectivity index (χ0n) is 14.6. The van der Waals surface area contributed by atoms with Gasteiger partial charge in [-0.25, -0.2) is 9.78 Å². The Morgan fingerprint density at radius 1 is 1.27 bits per heavy atom. The summed E-state index contributed by atoms with van der Waals surface area (Å²) in [6.07, 6.45) is 1.43. The molecule has 0 aliphatic carbocycles. The first kappa shape index (κ1) is 18.4. The lowest BCUT2D eigenvalue weighted by Gasteiger charge is -2.49. The second-order valence-corrected chi connectivity index (χ2v) is 6.23. The summed E-state index contributed by atoms with van der Waals surface area (Å²) < 4.78 is 0. The van der Waals surface area contributed by atoms with E-state index in [2.05, 4.69) is 42.5 Å². The molecule has 1 fully saturated rings. The number of rotatable bonds is 3. The van der Waals surface area contributed by atoms with Gasteiger partial charge in [-0.05, 0) is 39.8 Å². The molecular weight excluding hydrogens is 278 g/mol. The van der Waals surface area contributed by atoms with Gasteiger partial charge in [0.05, 0.1) is 5.56 Å². The number of nitrogens with zero attached hydrogens (tertiary/aromatic N) is 3. The van der Waals surface area contributed by atoms with E-state index in [1.165, 1.54) is 6.20 Å². The van der Waals surface area contributed by atoms with Crippen molar-refractivity contribution in [2.24, 2.45) is 0 Å². The van der Waals surface area contributed by atoms with Crippen LogP contribution in [0.4, 0.5) is 5.82 Å². The summed E-state index contributed by atoms with van der Waals surface area (Å²) in [5, 5.41) is 8.90. The predicted molar refractivity (Wildman–Crippen MR) is 90.7 cm³/mol. The summed E-state index contributed by atoms with van der Waals surface area (Å²) in [6.45, 7) is 15.7. The topological polar surface area (TPSA) is 56.7 Å². The van der Waals surface area contributed by atoms with Crippen molar-refractivity contribution in [1.29, 1.82) is 0 Å². The summed E-state index contributed by atoms with van der Waals surface area (Å²) in [7, 11) is 0. The zero-order valence-corrected chi connectivity index (χ0v) is 14.6. The lowest BCUT2D eigenvalue weighted by molar-refractivity contribution is 0.0692. The van der Waals surface area contributed by atoms with Crippen LogP contribution < -0.4 is 4.90 Å². The number of anilines is 1. The number of pyridine rings is 1. The highest BCUT2D eigenvalue weighted by Crippen LogP contribution is 2.26. The third kappa shape index (κ3) is 4.19. The monoisotopic (exact) mass is 307 g/mol. The Labute approximate surface area is 134 Å². The molecule has 1 aromatic heterocycles. The Morgan fingerprint density at radius 3 is 2.32 bits per heavy atom. The van der Waals surface area contributed by atoms with Crippen molar-refractivity contribution in [3.63, 3.8) is 0 Å². The van der Waals surface area contributed by atoms with Crippen molar-refractivity contribution in [1.82, 2.24) is 9.88 Å². The van der Waals surface area contributed by atoms with Gasteiger partial charge in [0.1, 0.15) is 5.82 Å². The van der Waals surface area contributed by atoms with Gasteiger partial charge in [-0.2, -0.15) is 0 Å². The average Bonchev–Trinajstić information content (AvgIpc) is 2.48. The van der Waals surface area contributed by atoms with Gasteiger partial charge in [0.2, 0.25) is 0 Å². The fourth-order valence-corrected chi connectivity index (χ4v) is 3.02. The molecule has 0 spiro atoms. The van der Waals surface area contributed by atoms with Crippen molar-refractivity contribution >= 4 is 11.8 Å². The van der Waals surface area contributed by atoms with Crippen molar-refractivity contribution < 1.29 is 9.90 Å². The first-order valence-electron chi connectivity index (χ1n) is 8.02. The van der Waals surface area contributed by atoms with E-state index in [9.17, 15) is 4.79 Å². The van der Waals surface area contributed by atoms with Gasteiger partial charge < -0.3 is 10.0 Å². The molecule has 1 aromatic rings. The molecule has 1 aliphatic heterocycles. The maximum Gasteiger partial charge on any atom is 0.337 e. The molecule has 2 heterocycles. The van der Waals surface area contributed by atoms with E-state index in [1.807, 2.05) is 13.8 Å². The molecule has 1 saturated heterocycles. The standard InChI is InChI=1S/C15H23N3O2.C2H6/c1-11(2)18-8-7-17(10-15(18,3)4)13-6-5-12(9-16-13)14(19)20;1-2/h5-6,9,11H,7-8,10H2,1-4H3,(H,19,20);1-2H3. The lowest BCUT2D eigenvalue weighted by atomic mass is 9.97. The molecule has 0 amide bonds. The molecule has 124 valence electrons. The third-order valence-corrected chi connectivity index (χ3v) is 3.91. The van der Waals surface area contributed by atoms with Gasteiger partial charge in [-0.3, -0.25) is 4.90 Å². The van der Waals surface area contributed by atoms with Gasteiger partial charge in [-0.1, -0.05) is 13.8 Å². The second kappa shape index (κ2) is 7.58. The summed E-state index contributed by atoms with van der Waals surface area (Å²) >= 11 is 0. The van der Waals surface area contributed by atoms with Crippen molar-refractivity contribution in [2.75, 3.05) is 24.5 Å². The molecule has 5 heteroatoms. The van der Waals surface area contributed by atoms with Gasteiger partial charge in [0.25, 0.3) is 0 Å². The predicted octanol–water partition coefficient (Wildman–Crippen LogP) is 3.12. The van der Waals surface area contributed by atoms with E-state index in [1.54, 1.807) is 12.1 Å². The van der Waals surface area contributed by atoms with Crippen molar-refractivity contribution in [3.05, 3.63) is 23.9 Å². The van der Waals surface area contributed by atoms with Crippen LogP contribution in [0.5, 0.6) is 0 Å². The highest BCUT2D eigenvalue weighted by atomic mass is 16.4. The number of carboxylic acid groups (broad SMARTS) is 1. The summed E-state index contributed by atoms with van der Waals surface area (Å²) in [4.78, 5) is 19.9. The Bertz CT molecular complexity index is 483. The van der Waals surface area contributed by atoms with Gasteiger partial charge in [0, 0.05) is 37.4 Å². The molecule has 0 unspecified atom stereocenters. The number of carboxylic acids is 1. The van der Waals surface area contributed by atoms with Gasteiger partial charge in [-0.15, -0.1) is 0 Å². The normalized spacial score (nSPS) is 17.9. The van der Waals surface area contributed by atoms with E-state index < -0.39 is 5.97 Å². The molecule has 1 N–H and O–H groups in total. The minimum absolute atomic E-state index is 0.0829. The van der Waals surface area contributed by atoms with Crippen LogP contribution in [0.25, 0.3) is 0 Å². The SMILES string of the molecule is CC.CC(C)N1CCN(c2ccc(C(=O)O)cn2)CC1(C)C. The Kier molecular flexibility index (Phi) is 6.35. The van der Waals surface area contributed by atoms with E-state index in [-0.39, 0.29) is 11.1 Å². The van der Waals surface area contributed by atoms with Crippen LogP contribution in [0, 0.1) is 0 Å². The molecule has 0 bridgehead atoms. The Balaban J connectivity index is 0.00000116. The minimum atomic E-state index is -0.936. The van der Waals surface area contributed by atoms with Crippen LogP contribution in [0.2, 0.25) is 0 Å². The van der Waals surface area contributed by atoms with Crippen LogP contribution in [0.3, 0.4) is 0 Å². The average molecular weight is 307 g/mol. The van der Waals surface area contributed by atoms with Crippen molar-refractivity contribution in [3.8, 4) is 0 Å². The summed E-state index contributed by atoms with van der Waals surface area (Å²) in [5.41, 5.74) is 0.313. The number of hydrogen-bond acceptors (Lipinski definition) is 4. The van der Waals surface area contributed by atoms with Crippen LogP contribution in [0.1, 0.15) is 51.9 Å². The number of carbonyl (C=O) groups is 1. The molecule has 0 radical (unpaired) electrons. The van der Waals surface area contributed by atoms with Crippen LogP contribution in [-0.4, -0.2) is 52.2 Å². The maximum absolute atomic E-state index is 10.8. The maximum atomic E-state index is 10.8. The number of aromatic nitrogens is 1. The molecule has 1 aliphatic rings.